The van der Waals surface area contributed by atoms with E-state index in [0.717, 1.165) is 49.7 Å². The summed E-state index contributed by atoms with van der Waals surface area (Å²) in [6, 6.07) is 0. The molecule has 0 saturated heterocycles. The van der Waals surface area contributed by atoms with Crippen LogP contribution < -0.4 is 0 Å². The predicted molar refractivity (Wildman–Crippen MR) is 138 cm³/mol. The van der Waals surface area contributed by atoms with Crippen LogP contribution in [0.15, 0.2) is 0 Å². The van der Waals surface area contributed by atoms with E-state index in [4.69, 9.17) is 9.84 Å². The first-order valence-electron chi connectivity index (χ1n) is 14.0. The third-order valence-corrected chi connectivity index (χ3v) is 6.56. The summed E-state index contributed by atoms with van der Waals surface area (Å²) in [5, 5.41) is 8.75. The Morgan fingerprint density at radius 1 is 0.727 bits per heavy atom. The topological polar surface area (TPSA) is 63.6 Å². The van der Waals surface area contributed by atoms with Gasteiger partial charge in [-0.05, 0) is 32.1 Å². The Balaban J connectivity index is 3.84. The van der Waals surface area contributed by atoms with Gasteiger partial charge in [0.15, 0.2) is 6.10 Å². The van der Waals surface area contributed by atoms with Gasteiger partial charge in [0.25, 0.3) is 0 Å². The molecule has 0 fully saturated rings. The minimum Gasteiger partial charge on any atom is -0.481 e. The van der Waals surface area contributed by atoms with E-state index in [1.54, 1.807) is 0 Å². The molecule has 0 amide bonds. The lowest BCUT2D eigenvalue weighted by molar-refractivity contribution is -0.893. The number of likely N-dealkylation sites (N-methyl/N-ethyl adjacent to an activating group) is 1. The van der Waals surface area contributed by atoms with Crippen LogP contribution in [0.1, 0.15) is 136 Å². The maximum atomic E-state index is 11.6. The highest BCUT2D eigenvalue weighted by Gasteiger charge is 2.23. The van der Waals surface area contributed by atoms with Crippen molar-refractivity contribution in [3.05, 3.63) is 0 Å². The molecule has 0 rings (SSSR count). The lowest BCUT2D eigenvalue weighted by Gasteiger charge is -2.33. The van der Waals surface area contributed by atoms with Crippen LogP contribution in [0.25, 0.3) is 0 Å². The van der Waals surface area contributed by atoms with E-state index in [9.17, 15) is 9.59 Å². The van der Waals surface area contributed by atoms with Crippen LogP contribution in [0.4, 0.5) is 0 Å². The molecule has 196 valence electrons. The van der Waals surface area contributed by atoms with E-state index in [2.05, 4.69) is 21.0 Å². The van der Waals surface area contributed by atoms with Gasteiger partial charge in [0.2, 0.25) is 0 Å². The summed E-state index contributed by atoms with van der Waals surface area (Å²) in [6.45, 7) is 5.59. The van der Waals surface area contributed by atoms with Crippen LogP contribution in [0, 0.1) is 0 Å². The van der Waals surface area contributed by atoms with E-state index in [1.807, 2.05) is 0 Å². The second-order valence-corrected chi connectivity index (χ2v) is 10.7. The number of ether oxygens (including phenoxy) is 1. The summed E-state index contributed by atoms with van der Waals surface area (Å²) in [5.74, 6) is -0.904. The average molecular weight is 471 g/mol. The largest absolute Gasteiger partial charge is 0.481 e. The van der Waals surface area contributed by atoms with E-state index in [0.29, 0.717) is 0 Å². The number of aliphatic carboxylic acids is 1. The standard InChI is InChI=1S/C28H55NO4/c1-5-6-7-8-9-10-11-12-13-14-15-16-17-19-22-27(33-26(2)30)25-29(3,4)24-21-18-20-23-28(31)32/h27H,5-25H2,1-4H3/p+1. The molecule has 0 aromatic heterocycles. The number of hydrogen-bond donors (Lipinski definition) is 1. The van der Waals surface area contributed by atoms with Crippen LogP contribution in [-0.4, -0.2) is 54.8 Å². The molecule has 0 aliphatic carbocycles. The molecule has 0 saturated carbocycles. The number of nitrogens with zero attached hydrogens (tertiary/aromatic N) is 1. The highest BCUT2D eigenvalue weighted by molar-refractivity contribution is 5.66. The summed E-state index contributed by atoms with van der Waals surface area (Å²) in [5.41, 5.74) is 0. The highest BCUT2D eigenvalue weighted by Crippen LogP contribution is 2.16. The van der Waals surface area contributed by atoms with E-state index < -0.39 is 5.97 Å². The average Bonchev–Trinajstić information content (AvgIpc) is 2.72. The number of hydrogen-bond acceptors (Lipinski definition) is 3. The number of carboxylic acids is 1. The summed E-state index contributed by atoms with van der Waals surface area (Å²) in [7, 11) is 4.36. The monoisotopic (exact) mass is 470 g/mol. The molecule has 1 atom stereocenters. The summed E-state index contributed by atoms with van der Waals surface area (Å²) in [6.07, 6.45) is 22.7. The van der Waals surface area contributed by atoms with Crippen LogP contribution in [0.5, 0.6) is 0 Å². The number of carboxylic acid groups (broad SMARTS) is 1. The first-order valence-corrected chi connectivity index (χ1v) is 14.0. The quantitative estimate of drug-likeness (QED) is 0.0900. The molecule has 0 bridgehead atoms. The minimum atomic E-state index is -0.716. The van der Waals surface area contributed by atoms with E-state index in [1.165, 1.54) is 90.4 Å². The van der Waals surface area contributed by atoms with Crippen molar-refractivity contribution in [3.63, 3.8) is 0 Å². The van der Waals surface area contributed by atoms with Crippen LogP contribution in [-0.2, 0) is 14.3 Å². The van der Waals surface area contributed by atoms with Crippen molar-refractivity contribution in [2.45, 2.75) is 142 Å². The van der Waals surface area contributed by atoms with Crippen molar-refractivity contribution in [2.24, 2.45) is 0 Å². The number of quaternary nitrogens is 1. The Morgan fingerprint density at radius 2 is 1.18 bits per heavy atom. The number of unbranched alkanes of at least 4 members (excludes halogenated alkanes) is 15. The number of esters is 1. The van der Waals surface area contributed by atoms with Gasteiger partial charge in [0.05, 0.1) is 20.6 Å². The normalized spacial score (nSPS) is 12.6. The number of carbonyl (C=O) groups is 2. The molecular formula is C28H56NO4+. The zero-order valence-corrected chi connectivity index (χ0v) is 22.5. The first-order chi connectivity index (χ1) is 15.8. The molecule has 1 unspecified atom stereocenters. The molecule has 0 aromatic carbocycles. The Morgan fingerprint density at radius 3 is 1.64 bits per heavy atom. The van der Waals surface area contributed by atoms with Gasteiger partial charge >= 0.3 is 11.9 Å². The van der Waals surface area contributed by atoms with E-state index in [-0.39, 0.29) is 18.5 Å². The van der Waals surface area contributed by atoms with Gasteiger partial charge in [0.1, 0.15) is 6.54 Å². The lowest BCUT2D eigenvalue weighted by Crippen LogP contribution is -2.47. The van der Waals surface area contributed by atoms with Gasteiger partial charge in [-0.2, -0.15) is 0 Å². The van der Waals surface area contributed by atoms with Crippen molar-refractivity contribution in [3.8, 4) is 0 Å². The summed E-state index contributed by atoms with van der Waals surface area (Å²) >= 11 is 0. The first kappa shape index (κ1) is 31.9. The van der Waals surface area contributed by atoms with Crippen molar-refractivity contribution < 1.29 is 23.9 Å². The molecule has 0 aliphatic rings. The third-order valence-electron chi connectivity index (χ3n) is 6.56. The number of rotatable bonds is 24. The zero-order valence-electron chi connectivity index (χ0n) is 22.5. The molecular weight excluding hydrogens is 414 g/mol. The molecule has 0 spiro atoms. The molecule has 0 aliphatic heterocycles. The Hall–Kier alpha value is -1.10. The zero-order chi connectivity index (χ0) is 24.8. The van der Waals surface area contributed by atoms with Crippen LogP contribution in [0.3, 0.4) is 0 Å². The van der Waals surface area contributed by atoms with Crippen molar-refractivity contribution >= 4 is 11.9 Å². The van der Waals surface area contributed by atoms with Gasteiger partial charge in [-0.25, -0.2) is 0 Å². The Labute approximate surface area is 205 Å². The summed E-state index contributed by atoms with van der Waals surface area (Å²) in [4.78, 5) is 22.2. The second-order valence-electron chi connectivity index (χ2n) is 10.7. The summed E-state index contributed by atoms with van der Waals surface area (Å²) < 4.78 is 6.44. The molecule has 0 radical (unpaired) electrons. The maximum absolute atomic E-state index is 11.6. The van der Waals surface area contributed by atoms with Gasteiger partial charge in [0, 0.05) is 13.3 Å². The van der Waals surface area contributed by atoms with Crippen molar-refractivity contribution in [1.82, 2.24) is 0 Å². The fourth-order valence-electron chi connectivity index (χ4n) is 4.62. The van der Waals surface area contributed by atoms with Gasteiger partial charge < -0.3 is 14.3 Å². The smallest absolute Gasteiger partial charge is 0.303 e. The van der Waals surface area contributed by atoms with Gasteiger partial charge in [-0.3, -0.25) is 9.59 Å². The minimum absolute atomic E-state index is 0.0196. The fraction of sp³-hybridized carbons (Fsp3) is 0.929. The molecule has 5 nitrogen and oxygen atoms in total. The molecule has 5 heteroatoms. The molecule has 1 N–H and O–H groups in total. The fourth-order valence-corrected chi connectivity index (χ4v) is 4.62. The van der Waals surface area contributed by atoms with Crippen LogP contribution >= 0.6 is 0 Å². The SMILES string of the molecule is CCCCCCCCCCCCCCCCC(C[N+](C)(C)CCCCCC(=O)O)OC(C)=O. The highest BCUT2D eigenvalue weighted by atomic mass is 16.5. The molecule has 33 heavy (non-hydrogen) atoms. The molecule has 0 aromatic rings. The molecule has 0 heterocycles. The Kier molecular flexibility index (Phi) is 20.7. The number of carbonyl (C=O) groups excluding carboxylic acids is 1. The second kappa shape index (κ2) is 21.4. The predicted octanol–water partition coefficient (Wildman–Crippen LogP) is 7.51. The lowest BCUT2D eigenvalue weighted by atomic mass is 10.0. The third kappa shape index (κ3) is 23.8. The van der Waals surface area contributed by atoms with E-state index >= 15 is 0 Å². The van der Waals surface area contributed by atoms with Gasteiger partial charge in [-0.15, -0.1) is 0 Å². The Bertz CT molecular complexity index is 479. The van der Waals surface area contributed by atoms with Crippen molar-refractivity contribution in [1.29, 1.82) is 0 Å². The van der Waals surface area contributed by atoms with Gasteiger partial charge in [-0.1, -0.05) is 90.4 Å². The maximum Gasteiger partial charge on any atom is 0.303 e. The van der Waals surface area contributed by atoms with Crippen LogP contribution in [0.2, 0.25) is 0 Å². The van der Waals surface area contributed by atoms with Crippen molar-refractivity contribution in [2.75, 3.05) is 27.2 Å².